The Kier molecular flexibility index (Phi) is 3.84. The van der Waals surface area contributed by atoms with Gasteiger partial charge in [0.15, 0.2) is 0 Å². The molecule has 0 atom stereocenters. The Morgan fingerprint density at radius 3 is 2.62 bits per heavy atom. The van der Waals surface area contributed by atoms with Crippen LogP contribution in [0.2, 0.25) is 5.02 Å². The minimum atomic E-state index is -0.439. The summed E-state index contributed by atoms with van der Waals surface area (Å²) in [4.78, 5) is 4.30. The van der Waals surface area contributed by atoms with E-state index in [-0.39, 0.29) is 5.02 Å². The van der Waals surface area contributed by atoms with E-state index in [1.807, 2.05) is 53.4 Å². The van der Waals surface area contributed by atoms with Crippen molar-refractivity contribution in [1.82, 2.24) is 4.57 Å². The lowest BCUT2D eigenvalue weighted by atomic mass is 10.3. The Morgan fingerprint density at radius 1 is 1.05 bits per heavy atom. The summed E-state index contributed by atoms with van der Waals surface area (Å²) in [6.07, 6.45) is 5.67. The number of hydrogen-bond acceptors (Lipinski definition) is 1. The molecular formula is C17H12ClFN2. The third kappa shape index (κ3) is 3.20. The van der Waals surface area contributed by atoms with E-state index in [4.69, 9.17) is 11.6 Å². The minimum Gasteiger partial charge on any atom is -0.323 e. The molecule has 0 bridgehead atoms. The van der Waals surface area contributed by atoms with Crippen LogP contribution in [0.4, 0.5) is 10.1 Å². The average molecular weight is 299 g/mol. The van der Waals surface area contributed by atoms with Gasteiger partial charge in [0, 0.05) is 29.9 Å². The first kappa shape index (κ1) is 13.6. The lowest BCUT2D eigenvalue weighted by Crippen LogP contribution is -1.88. The molecule has 0 aliphatic carbocycles. The Morgan fingerprint density at radius 2 is 1.86 bits per heavy atom. The van der Waals surface area contributed by atoms with Gasteiger partial charge in [0.1, 0.15) is 5.82 Å². The van der Waals surface area contributed by atoms with Crippen LogP contribution in [-0.2, 0) is 0 Å². The van der Waals surface area contributed by atoms with Crippen LogP contribution in [0.5, 0.6) is 0 Å². The van der Waals surface area contributed by atoms with E-state index < -0.39 is 5.82 Å². The van der Waals surface area contributed by atoms with Gasteiger partial charge >= 0.3 is 0 Å². The van der Waals surface area contributed by atoms with E-state index in [0.717, 1.165) is 11.3 Å². The first-order valence-electron chi connectivity index (χ1n) is 6.45. The molecule has 0 unspecified atom stereocenters. The summed E-state index contributed by atoms with van der Waals surface area (Å²) in [7, 11) is 0. The summed E-state index contributed by atoms with van der Waals surface area (Å²) in [5, 5.41) is 0.0755. The maximum atomic E-state index is 13.1. The van der Waals surface area contributed by atoms with Crippen LogP contribution in [0.25, 0.3) is 5.69 Å². The molecule has 0 spiro atoms. The van der Waals surface area contributed by atoms with Gasteiger partial charge in [-0.25, -0.2) is 4.39 Å². The summed E-state index contributed by atoms with van der Waals surface area (Å²) in [6, 6.07) is 16.4. The number of aromatic nitrogens is 1. The fraction of sp³-hybridized carbons (Fsp3) is 0. The largest absolute Gasteiger partial charge is 0.323 e. The number of para-hydroxylation sites is 1. The third-order valence-corrected chi connectivity index (χ3v) is 3.33. The molecule has 2 nitrogen and oxygen atoms in total. The first-order chi connectivity index (χ1) is 10.2. The molecule has 1 aromatic heterocycles. The number of hydrogen-bond donors (Lipinski definition) is 0. The predicted octanol–water partition coefficient (Wildman–Crippen LogP) is 5.02. The fourth-order valence-electron chi connectivity index (χ4n) is 1.96. The summed E-state index contributed by atoms with van der Waals surface area (Å²) in [5.74, 6) is -0.439. The van der Waals surface area contributed by atoms with Crippen molar-refractivity contribution in [2.24, 2.45) is 4.99 Å². The van der Waals surface area contributed by atoms with Gasteiger partial charge in [-0.05, 0) is 36.4 Å². The Balaban J connectivity index is 1.81. The van der Waals surface area contributed by atoms with Crippen LogP contribution in [-0.4, -0.2) is 10.8 Å². The van der Waals surface area contributed by atoms with Crippen molar-refractivity contribution >= 4 is 23.5 Å². The van der Waals surface area contributed by atoms with Crippen molar-refractivity contribution < 1.29 is 4.39 Å². The van der Waals surface area contributed by atoms with Crippen LogP contribution in [0.1, 0.15) is 5.56 Å². The van der Waals surface area contributed by atoms with Crippen LogP contribution in [0.3, 0.4) is 0 Å². The van der Waals surface area contributed by atoms with Crippen molar-refractivity contribution in [1.29, 1.82) is 0 Å². The maximum absolute atomic E-state index is 13.1. The van der Waals surface area contributed by atoms with Gasteiger partial charge < -0.3 is 4.57 Å². The van der Waals surface area contributed by atoms with E-state index in [1.54, 1.807) is 12.3 Å². The quantitative estimate of drug-likeness (QED) is 0.604. The molecule has 0 aliphatic heterocycles. The standard InChI is InChI=1S/C17H12ClFN2/c18-16-10-14(6-7-17(16)19)20-11-13-8-9-21(12-13)15-4-2-1-3-5-15/h1-12H. The van der Waals surface area contributed by atoms with Gasteiger partial charge in [0.2, 0.25) is 0 Å². The van der Waals surface area contributed by atoms with Gasteiger partial charge in [-0.1, -0.05) is 29.8 Å². The second-order valence-electron chi connectivity index (χ2n) is 4.54. The Hall–Kier alpha value is -2.39. The van der Waals surface area contributed by atoms with E-state index >= 15 is 0 Å². The van der Waals surface area contributed by atoms with Crippen molar-refractivity contribution in [2.45, 2.75) is 0 Å². The highest BCUT2D eigenvalue weighted by Crippen LogP contribution is 2.21. The van der Waals surface area contributed by atoms with Crippen molar-refractivity contribution in [2.75, 3.05) is 0 Å². The maximum Gasteiger partial charge on any atom is 0.141 e. The Bertz CT molecular complexity index is 778. The molecular weight excluding hydrogens is 287 g/mol. The number of aliphatic imine (C=N–C) groups is 1. The van der Waals surface area contributed by atoms with Gasteiger partial charge in [0.25, 0.3) is 0 Å². The summed E-state index contributed by atoms with van der Waals surface area (Å²) in [5.41, 5.74) is 2.66. The molecule has 3 rings (SSSR count). The molecule has 0 aliphatic rings. The van der Waals surface area contributed by atoms with Crippen LogP contribution >= 0.6 is 11.6 Å². The third-order valence-electron chi connectivity index (χ3n) is 3.04. The molecule has 4 heteroatoms. The molecule has 3 aromatic rings. The molecule has 104 valence electrons. The molecule has 0 fully saturated rings. The summed E-state index contributed by atoms with van der Waals surface area (Å²) in [6.45, 7) is 0. The summed E-state index contributed by atoms with van der Waals surface area (Å²) >= 11 is 5.73. The molecule has 0 N–H and O–H groups in total. The number of rotatable bonds is 3. The van der Waals surface area contributed by atoms with Gasteiger partial charge in [-0.3, -0.25) is 4.99 Å². The van der Waals surface area contributed by atoms with Crippen molar-refractivity contribution in [3.05, 3.63) is 83.4 Å². The highest BCUT2D eigenvalue weighted by atomic mass is 35.5. The van der Waals surface area contributed by atoms with Crippen molar-refractivity contribution in [3.8, 4) is 5.69 Å². The summed E-state index contributed by atoms with van der Waals surface area (Å²) < 4.78 is 15.1. The van der Waals surface area contributed by atoms with Gasteiger partial charge in [-0.2, -0.15) is 0 Å². The zero-order valence-corrected chi connectivity index (χ0v) is 11.8. The van der Waals surface area contributed by atoms with Crippen LogP contribution in [0, 0.1) is 5.82 Å². The normalized spacial score (nSPS) is 11.1. The minimum absolute atomic E-state index is 0.0755. The van der Waals surface area contributed by atoms with E-state index in [2.05, 4.69) is 4.99 Å². The van der Waals surface area contributed by atoms with Gasteiger partial charge in [0.05, 0.1) is 10.7 Å². The van der Waals surface area contributed by atoms with Crippen LogP contribution in [0.15, 0.2) is 72.0 Å². The second-order valence-corrected chi connectivity index (χ2v) is 4.95. The Labute approximate surface area is 127 Å². The van der Waals surface area contributed by atoms with Gasteiger partial charge in [-0.15, -0.1) is 0 Å². The zero-order chi connectivity index (χ0) is 14.7. The lowest BCUT2D eigenvalue weighted by Gasteiger charge is -2.00. The fourth-order valence-corrected chi connectivity index (χ4v) is 2.14. The highest BCUT2D eigenvalue weighted by molar-refractivity contribution is 6.31. The van der Waals surface area contributed by atoms with E-state index in [9.17, 15) is 4.39 Å². The number of halogens is 2. The molecule has 0 radical (unpaired) electrons. The average Bonchev–Trinajstić information content (AvgIpc) is 2.98. The lowest BCUT2D eigenvalue weighted by molar-refractivity contribution is 0.628. The molecule has 0 saturated carbocycles. The zero-order valence-electron chi connectivity index (χ0n) is 11.1. The molecule has 2 aromatic carbocycles. The van der Waals surface area contributed by atoms with Crippen molar-refractivity contribution in [3.63, 3.8) is 0 Å². The number of nitrogens with zero attached hydrogens (tertiary/aromatic N) is 2. The number of benzene rings is 2. The molecule has 1 heterocycles. The first-order valence-corrected chi connectivity index (χ1v) is 6.83. The highest BCUT2D eigenvalue weighted by Gasteiger charge is 2.00. The second kappa shape index (κ2) is 5.94. The molecule has 0 amide bonds. The molecule has 21 heavy (non-hydrogen) atoms. The van der Waals surface area contributed by atoms with E-state index in [1.165, 1.54) is 12.1 Å². The topological polar surface area (TPSA) is 17.3 Å². The van der Waals surface area contributed by atoms with Crippen LogP contribution < -0.4 is 0 Å². The molecule has 0 saturated heterocycles. The van der Waals surface area contributed by atoms with E-state index in [0.29, 0.717) is 5.69 Å². The smallest absolute Gasteiger partial charge is 0.141 e. The monoisotopic (exact) mass is 298 g/mol. The predicted molar refractivity (Wildman–Crippen MR) is 84.4 cm³/mol. The SMILES string of the molecule is Fc1ccc(N=Cc2ccn(-c3ccccc3)c2)cc1Cl.